The zero-order chi connectivity index (χ0) is 32.3. The van der Waals surface area contributed by atoms with E-state index in [0.717, 1.165) is 37.3 Å². The Balaban J connectivity index is 1.18. The van der Waals surface area contributed by atoms with Crippen LogP contribution in [0, 0.1) is 46.8 Å². The Morgan fingerprint density at radius 2 is 1.22 bits per heavy atom. The van der Waals surface area contributed by atoms with E-state index in [1.165, 1.54) is 51.4 Å². The van der Waals surface area contributed by atoms with Crippen molar-refractivity contribution in [1.82, 2.24) is 0 Å². The average Bonchev–Trinajstić information content (AvgIpc) is 3.01. The van der Waals surface area contributed by atoms with E-state index in [-0.39, 0.29) is 41.0 Å². The van der Waals surface area contributed by atoms with E-state index in [1.807, 2.05) is 0 Å². The van der Waals surface area contributed by atoms with Crippen molar-refractivity contribution in [1.29, 1.82) is 0 Å². The molecule has 2 aromatic rings. The Kier molecular flexibility index (Phi) is 11.1. The molecule has 0 aliphatic heterocycles. The molecular weight excluding hydrogens is 600 g/mol. The lowest BCUT2D eigenvalue weighted by Crippen LogP contribution is -2.23. The summed E-state index contributed by atoms with van der Waals surface area (Å²) in [5.74, 6) is -6.50. The van der Waals surface area contributed by atoms with Crippen LogP contribution in [0.4, 0.5) is 35.1 Å². The predicted octanol–water partition coefficient (Wildman–Crippen LogP) is 12.0. The number of rotatable bonds is 10. The maximum Gasteiger partial charge on any atom is 0.573 e. The predicted molar refractivity (Wildman–Crippen MR) is 158 cm³/mol. The minimum Gasteiger partial charge on any atom is -0.399 e. The van der Waals surface area contributed by atoms with Gasteiger partial charge in [-0.3, -0.25) is 0 Å². The first-order chi connectivity index (χ1) is 21.4. The number of fused-ring (bicyclic) bond motifs is 1. The van der Waals surface area contributed by atoms with Gasteiger partial charge in [0.25, 0.3) is 0 Å². The maximum absolute atomic E-state index is 15.8. The summed E-state index contributed by atoms with van der Waals surface area (Å²) in [7, 11) is 0. The van der Waals surface area contributed by atoms with Gasteiger partial charge in [0.15, 0.2) is 23.3 Å². The van der Waals surface area contributed by atoms with Gasteiger partial charge in [0.2, 0.25) is 5.75 Å². The summed E-state index contributed by atoms with van der Waals surface area (Å²) in [6, 6.07) is 1.62. The maximum atomic E-state index is 15.8. The van der Waals surface area contributed by atoms with Crippen molar-refractivity contribution in [3.63, 3.8) is 0 Å². The van der Waals surface area contributed by atoms with Crippen LogP contribution < -0.4 is 4.74 Å². The molecule has 3 aliphatic rings. The average molecular weight is 645 g/mol. The first kappa shape index (κ1) is 34.0. The number of hydrogen-bond donors (Lipinski definition) is 0. The molecule has 0 N–H and O–H groups in total. The number of unbranched alkanes of at least 4 members (excludes halogenated alkanes) is 2. The highest BCUT2D eigenvalue weighted by atomic mass is 19.4. The number of ether oxygens (including phenoxy) is 1. The molecule has 3 aliphatic carbocycles. The molecule has 0 bridgehead atoms. The Bertz CT molecular complexity index is 1280. The fourth-order valence-electron chi connectivity index (χ4n) is 8.30. The molecule has 5 rings (SSSR count). The Morgan fingerprint density at radius 1 is 0.644 bits per heavy atom. The SMILES string of the molecule is CCCCCC1CCC(CCC2CCc3c(F)c(C4CCC(c5cc(F)c(OC(F)(F)F)c(F)c5)CC4)c(F)c(F)c3C2)CC1. The molecule has 45 heavy (non-hydrogen) atoms. The third-order valence-electron chi connectivity index (χ3n) is 10.9. The molecule has 0 radical (unpaired) electrons. The Labute approximate surface area is 261 Å². The van der Waals surface area contributed by atoms with Crippen LogP contribution in [0.15, 0.2) is 12.1 Å². The van der Waals surface area contributed by atoms with Crippen molar-refractivity contribution < 1.29 is 39.9 Å². The summed E-state index contributed by atoms with van der Waals surface area (Å²) in [6.45, 7) is 2.23. The second kappa shape index (κ2) is 14.6. The lowest BCUT2D eigenvalue weighted by Gasteiger charge is -2.33. The molecule has 0 aromatic heterocycles. The third kappa shape index (κ3) is 8.16. The smallest absolute Gasteiger partial charge is 0.399 e. The molecule has 2 aromatic carbocycles. The molecule has 1 unspecified atom stereocenters. The molecule has 0 heterocycles. The topological polar surface area (TPSA) is 9.23 Å². The first-order valence-electron chi connectivity index (χ1n) is 16.9. The fraction of sp³-hybridized carbons (Fsp3) is 0.667. The summed E-state index contributed by atoms with van der Waals surface area (Å²) < 4.78 is 116. The summed E-state index contributed by atoms with van der Waals surface area (Å²) in [5.41, 5.74) is 0.358. The zero-order valence-electron chi connectivity index (χ0n) is 26.0. The molecule has 9 heteroatoms. The molecular formula is C36H44F8O. The van der Waals surface area contributed by atoms with Crippen molar-refractivity contribution in [3.8, 4) is 5.75 Å². The quantitative estimate of drug-likeness (QED) is 0.142. The number of alkyl halides is 3. The van der Waals surface area contributed by atoms with Crippen LogP contribution in [0.2, 0.25) is 0 Å². The van der Waals surface area contributed by atoms with Gasteiger partial charge in [-0.25, -0.2) is 22.0 Å². The zero-order valence-corrected chi connectivity index (χ0v) is 26.0. The molecule has 0 saturated heterocycles. The fourth-order valence-corrected chi connectivity index (χ4v) is 8.30. The van der Waals surface area contributed by atoms with E-state index in [2.05, 4.69) is 11.7 Å². The van der Waals surface area contributed by atoms with Crippen LogP contribution in [-0.2, 0) is 12.8 Å². The molecule has 2 saturated carbocycles. The van der Waals surface area contributed by atoms with Gasteiger partial charge in [0, 0.05) is 5.56 Å². The lowest BCUT2D eigenvalue weighted by atomic mass is 9.73. The van der Waals surface area contributed by atoms with Crippen LogP contribution >= 0.6 is 0 Å². The molecule has 0 spiro atoms. The minimum atomic E-state index is -5.24. The molecule has 0 amide bonds. The van der Waals surface area contributed by atoms with Gasteiger partial charge in [-0.05, 0) is 110 Å². The molecule has 250 valence electrons. The van der Waals surface area contributed by atoms with Gasteiger partial charge in [-0.2, -0.15) is 0 Å². The van der Waals surface area contributed by atoms with Crippen molar-refractivity contribution in [2.75, 3.05) is 0 Å². The minimum absolute atomic E-state index is 0.154. The van der Waals surface area contributed by atoms with E-state index >= 15 is 13.2 Å². The summed E-state index contributed by atoms with van der Waals surface area (Å²) >= 11 is 0. The number of halogens is 8. The summed E-state index contributed by atoms with van der Waals surface area (Å²) in [6.07, 6.45) is 9.61. The van der Waals surface area contributed by atoms with Gasteiger partial charge in [-0.1, -0.05) is 64.7 Å². The highest BCUT2D eigenvalue weighted by molar-refractivity contribution is 5.41. The number of benzene rings is 2. The Hall–Kier alpha value is -2.32. The van der Waals surface area contributed by atoms with Gasteiger partial charge in [0.05, 0.1) is 0 Å². The van der Waals surface area contributed by atoms with E-state index in [9.17, 15) is 22.0 Å². The normalized spacial score (nSPS) is 25.7. The Morgan fingerprint density at radius 3 is 1.82 bits per heavy atom. The standard InChI is InChI=1S/C36H44F8O/c1-2-3-4-5-21-6-8-22(9-7-21)10-11-23-12-17-27-28(18-23)33(40)34(41)31(32(27)39)25-15-13-24(14-16-25)26-19-29(37)35(30(38)20-26)45-36(42,43)44/h19-25H,2-18H2,1H3. The van der Waals surface area contributed by atoms with Crippen molar-refractivity contribution in [2.45, 2.75) is 134 Å². The first-order valence-corrected chi connectivity index (χ1v) is 16.9. The molecule has 1 atom stereocenters. The van der Waals surface area contributed by atoms with E-state index < -0.39 is 53.0 Å². The second-order valence-electron chi connectivity index (χ2n) is 13.8. The lowest BCUT2D eigenvalue weighted by molar-refractivity contribution is -0.276. The largest absolute Gasteiger partial charge is 0.573 e. The highest BCUT2D eigenvalue weighted by Gasteiger charge is 2.37. The van der Waals surface area contributed by atoms with Crippen molar-refractivity contribution >= 4 is 0 Å². The van der Waals surface area contributed by atoms with E-state index in [0.29, 0.717) is 31.6 Å². The monoisotopic (exact) mass is 644 g/mol. The third-order valence-corrected chi connectivity index (χ3v) is 10.9. The van der Waals surface area contributed by atoms with Gasteiger partial charge in [0.1, 0.15) is 5.82 Å². The van der Waals surface area contributed by atoms with Crippen LogP contribution in [0.3, 0.4) is 0 Å². The van der Waals surface area contributed by atoms with Gasteiger partial charge < -0.3 is 4.74 Å². The van der Waals surface area contributed by atoms with Crippen LogP contribution in [0.25, 0.3) is 0 Å². The second-order valence-corrected chi connectivity index (χ2v) is 13.8. The van der Waals surface area contributed by atoms with E-state index in [4.69, 9.17) is 0 Å². The molecule has 2 fully saturated rings. The summed E-state index contributed by atoms with van der Waals surface area (Å²) in [5, 5.41) is 0. The van der Waals surface area contributed by atoms with E-state index in [1.54, 1.807) is 0 Å². The van der Waals surface area contributed by atoms with Gasteiger partial charge >= 0.3 is 6.36 Å². The van der Waals surface area contributed by atoms with Gasteiger partial charge in [-0.15, -0.1) is 13.2 Å². The van der Waals surface area contributed by atoms with Crippen LogP contribution in [-0.4, -0.2) is 6.36 Å². The molecule has 1 nitrogen and oxygen atoms in total. The van der Waals surface area contributed by atoms with Crippen molar-refractivity contribution in [3.05, 3.63) is 63.5 Å². The summed E-state index contributed by atoms with van der Waals surface area (Å²) in [4.78, 5) is 0. The van der Waals surface area contributed by atoms with Crippen molar-refractivity contribution in [2.24, 2.45) is 17.8 Å². The van der Waals surface area contributed by atoms with Crippen LogP contribution in [0.1, 0.15) is 137 Å². The highest BCUT2D eigenvalue weighted by Crippen LogP contribution is 2.46. The van der Waals surface area contributed by atoms with Crippen LogP contribution in [0.5, 0.6) is 5.75 Å². The number of hydrogen-bond acceptors (Lipinski definition) is 1.